The molecule has 1 atom stereocenters. The number of aromatic nitrogens is 3. The van der Waals surface area contributed by atoms with E-state index in [9.17, 15) is 0 Å². The molecule has 0 aliphatic carbocycles. The molecule has 32 heavy (non-hydrogen) atoms. The van der Waals surface area contributed by atoms with Gasteiger partial charge in [-0.05, 0) is 45.0 Å². The van der Waals surface area contributed by atoms with Crippen LogP contribution in [0.3, 0.4) is 0 Å². The van der Waals surface area contributed by atoms with E-state index in [1.807, 2.05) is 26.0 Å². The van der Waals surface area contributed by atoms with Crippen LogP contribution in [0.25, 0.3) is 11.6 Å². The number of nitrogens with one attached hydrogen (secondary N) is 3. The fourth-order valence-electron chi connectivity index (χ4n) is 3.62. The van der Waals surface area contributed by atoms with Crippen LogP contribution in [0.2, 0.25) is 0 Å². The number of rotatable bonds is 9. The third-order valence-corrected chi connectivity index (χ3v) is 5.06. The molecule has 9 nitrogen and oxygen atoms in total. The molecule has 0 fully saturated rings. The molecule has 1 aliphatic rings. The first-order valence-electron chi connectivity index (χ1n) is 11.1. The smallest absolute Gasteiger partial charge is 0.216 e. The van der Waals surface area contributed by atoms with Crippen molar-refractivity contribution in [2.24, 2.45) is 4.99 Å². The third kappa shape index (κ3) is 5.22. The minimum atomic E-state index is 0.196. The van der Waals surface area contributed by atoms with Crippen molar-refractivity contribution < 1.29 is 13.9 Å². The molecule has 3 heterocycles. The molecular weight excluding hydrogens is 408 g/mol. The topological polar surface area (TPSA) is 110 Å². The lowest BCUT2D eigenvalue weighted by Gasteiger charge is -2.13. The highest BCUT2D eigenvalue weighted by Crippen LogP contribution is 2.35. The molecular formula is C23H30N6O3. The number of H-pyrrole nitrogens is 1. The molecule has 0 bridgehead atoms. The van der Waals surface area contributed by atoms with Gasteiger partial charge in [0.05, 0.1) is 19.4 Å². The molecule has 0 spiro atoms. The van der Waals surface area contributed by atoms with Crippen molar-refractivity contribution in [2.45, 2.75) is 46.3 Å². The summed E-state index contributed by atoms with van der Waals surface area (Å²) in [6.07, 6.45) is 3.39. The van der Waals surface area contributed by atoms with Crippen molar-refractivity contribution >= 4 is 5.96 Å². The molecule has 1 unspecified atom stereocenters. The Morgan fingerprint density at radius 2 is 2.22 bits per heavy atom. The monoisotopic (exact) mass is 438 g/mol. The number of ether oxygens (including phenoxy) is 2. The molecule has 2 aromatic heterocycles. The summed E-state index contributed by atoms with van der Waals surface area (Å²) in [4.78, 5) is 9.22. The van der Waals surface area contributed by atoms with Crippen molar-refractivity contribution in [3.63, 3.8) is 0 Å². The Kier molecular flexibility index (Phi) is 6.94. The molecule has 170 valence electrons. The van der Waals surface area contributed by atoms with E-state index in [1.165, 1.54) is 5.56 Å². The van der Waals surface area contributed by atoms with Gasteiger partial charge < -0.3 is 24.5 Å². The van der Waals surface area contributed by atoms with Crippen LogP contribution in [0.4, 0.5) is 0 Å². The van der Waals surface area contributed by atoms with Gasteiger partial charge in [-0.2, -0.15) is 5.10 Å². The number of furan rings is 1. The van der Waals surface area contributed by atoms with E-state index in [-0.39, 0.29) is 6.10 Å². The zero-order valence-corrected chi connectivity index (χ0v) is 18.8. The van der Waals surface area contributed by atoms with Crippen molar-refractivity contribution in [3.05, 3.63) is 47.5 Å². The third-order valence-electron chi connectivity index (χ3n) is 5.06. The van der Waals surface area contributed by atoms with Gasteiger partial charge in [-0.15, -0.1) is 0 Å². The normalized spacial score (nSPS) is 15.3. The molecule has 3 aromatic rings. The Balaban J connectivity index is 1.38. The van der Waals surface area contributed by atoms with Gasteiger partial charge >= 0.3 is 0 Å². The summed E-state index contributed by atoms with van der Waals surface area (Å²) in [6, 6.07) is 7.80. The van der Waals surface area contributed by atoms with Crippen LogP contribution in [0.5, 0.6) is 11.5 Å². The first-order chi connectivity index (χ1) is 15.7. The average Bonchev–Trinajstić information content (AvgIpc) is 3.52. The summed E-state index contributed by atoms with van der Waals surface area (Å²) in [5.41, 5.74) is 2.20. The van der Waals surface area contributed by atoms with Crippen LogP contribution in [0, 0.1) is 0 Å². The molecule has 1 aliphatic heterocycles. The van der Waals surface area contributed by atoms with Crippen LogP contribution in [0.15, 0.2) is 39.9 Å². The van der Waals surface area contributed by atoms with E-state index in [2.05, 4.69) is 44.9 Å². The minimum Gasteiger partial charge on any atom is -0.494 e. The Morgan fingerprint density at radius 1 is 1.31 bits per heavy atom. The van der Waals surface area contributed by atoms with E-state index < -0.39 is 0 Å². The summed E-state index contributed by atoms with van der Waals surface area (Å²) in [5, 5.41) is 13.8. The largest absolute Gasteiger partial charge is 0.494 e. The first-order valence-corrected chi connectivity index (χ1v) is 11.1. The Bertz CT molecular complexity index is 1040. The van der Waals surface area contributed by atoms with Crippen LogP contribution >= 0.6 is 0 Å². The quantitative estimate of drug-likeness (QED) is 0.348. The molecule has 4 rings (SSSR count). The van der Waals surface area contributed by atoms with Gasteiger partial charge in [0.25, 0.3) is 0 Å². The van der Waals surface area contributed by atoms with Gasteiger partial charge in [0.15, 0.2) is 11.7 Å². The van der Waals surface area contributed by atoms with Crippen LogP contribution in [-0.2, 0) is 19.4 Å². The van der Waals surface area contributed by atoms with E-state index in [0.717, 1.165) is 41.8 Å². The number of benzene rings is 1. The maximum absolute atomic E-state index is 5.92. The van der Waals surface area contributed by atoms with Crippen molar-refractivity contribution in [3.8, 4) is 23.1 Å². The van der Waals surface area contributed by atoms with Gasteiger partial charge in [-0.3, -0.25) is 5.10 Å². The van der Waals surface area contributed by atoms with Crippen LogP contribution in [0.1, 0.15) is 37.7 Å². The molecule has 0 radical (unpaired) electrons. The lowest BCUT2D eigenvalue weighted by Crippen LogP contribution is -2.38. The number of fused-ring (bicyclic) bond motifs is 1. The standard InChI is InChI=1S/C23H30N6O3/c1-4-24-23(25-9-8-21-27-22(29-28-21)18-7-6-10-31-18)26-14-17-13-20-16(11-15(3)32-20)12-19(17)30-5-2/h6-7,10,12-13,15H,4-5,8-9,11,14H2,1-3H3,(H2,24,25,26)(H,27,28,29). The Morgan fingerprint density at radius 3 is 3.00 bits per heavy atom. The molecule has 0 saturated heterocycles. The van der Waals surface area contributed by atoms with Crippen LogP contribution < -0.4 is 20.1 Å². The predicted octanol–water partition coefficient (Wildman–Crippen LogP) is 3.08. The van der Waals surface area contributed by atoms with E-state index in [1.54, 1.807) is 6.26 Å². The number of aliphatic imine (C=N–C) groups is 1. The molecule has 0 saturated carbocycles. The highest BCUT2D eigenvalue weighted by atomic mass is 16.5. The summed E-state index contributed by atoms with van der Waals surface area (Å²) in [7, 11) is 0. The zero-order chi connectivity index (χ0) is 22.3. The van der Waals surface area contributed by atoms with Crippen LogP contribution in [-0.4, -0.2) is 46.9 Å². The summed E-state index contributed by atoms with van der Waals surface area (Å²) >= 11 is 0. The summed E-state index contributed by atoms with van der Waals surface area (Å²) in [6.45, 7) is 8.63. The maximum atomic E-state index is 5.92. The first kappa shape index (κ1) is 21.7. The highest BCUT2D eigenvalue weighted by molar-refractivity contribution is 5.79. The lowest BCUT2D eigenvalue weighted by molar-refractivity contribution is 0.254. The van der Waals surface area contributed by atoms with E-state index in [4.69, 9.17) is 18.9 Å². The number of hydrogen-bond donors (Lipinski definition) is 3. The molecule has 1 aromatic carbocycles. The van der Waals surface area contributed by atoms with Crippen molar-refractivity contribution in [1.29, 1.82) is 0 Å². The van der Waals surface area contributed by atoms with Crippen molar-refractivity contribution in [1.82, 2.24) is 25.8 Å². The van der Waals surface area contributed by atoms with Gasteiger partial charge in [0.1, 0.15) is 23.4 Å². The second-order valence-corrected chi connectivity index (χ2v) is 7.59. The lowest BCUT2D eigenvalue weighted by atomic mass is 10.1. The van der Waals surface area contributed by atoms with Crippen molar-refractivity contribution in [2.75, 3.05) is 19.7 Å². The SMILES string of the molecule is CCNC(=NCc1cc2c(cc1OCC)CC(C)O2)NCCc1nc(-c2ccco2)n[nH]1. The Hall–Kier alpha value is -3.49. The second-order valence-electron chi connectivity index (χ2n) is 7.59. The molecule has 0 amide bonds. The number of aromatic amines is 1. The predicted molar refractivity (Wildman–Crippen MR) is 122 cm³/mol. The highest BCUT2D eigenvalue weighted by Gasteiger charge is 2.21. The van der Waals surface area contributed by atoms with Gasteiger partial charge in [0, 0.05) is 37.1 Å². The Labute approximate surface area is 187 Å². The summed E-state index contributed by atoms with van der Waals surface area (Å²) in [5.74, 6) is 4.52. The van der Waals surface area contributed by atoms with Gasteiger partial charge in [0.2, 0.25) is 5.82 Å². The number of nitrogens with zero attached hydrogens (tertiary/aromatic N) is 3. The molecule has 9 heteroatoms. The van der Waals surface area contributed by atoms with E-state index >= 15 is 0 Å². The summed E-state index contributed by atoms with van der Waals surface area (Å²) < 4.78 is 17.1. The fraction of sp³-hybridized carbons (Fsp3) is 0.435. The maximum Gasteiger partial charge on any atom is 0.216 e. The number of hydrogen-bond acceptors (Lipinski definition) is 6. The zero-order valence-electron chi connectivity index (χ0n) is 18.8. The van der Waals surface area contributed by atoms with Gasteiger partial charge in [-0.25, -0.2) is 9.98 Å². The van der Waals surface area contributed by atoms with Gasteiger partial charge in [-0.1, -0.05) is 0 Å². The second kappa shape index (κ2) is 10.2. The minimum absolute atomic E-state index is 0.196. The number of guanidine groups is 1. The fourth-order valence-corrected chi connectivity index (χ4v) is 3.62. The average molecular weight is 439 g/mol. The molecule has 3 N–H and O–H groups in total. The van der Waals surface area contributed by atoms with E-state index in [0.29, 0.717) is 37.7 Å².